The third-order valence-corrected chi connectivity index (χ3v) is 3.04. The quantitative estimate of drug-likeness (QED) is 0.824. The van der Waals surface area contributed by atoms with E-state index in [-0.39, 0.29) is 11.8 Å². The van der Waals surface area contributed by atoms with Crippen molar-refractivity contribution in [1.82, 2.24) is 14.7 Å². The van der Waals surface area contributed by atoms with E-state index in [2.05, 4.69) is 5.10 Å². The summed E-state index contributed by atoms with van der Waals surface area (Å²) in [5.74, 6) is 0.692. The number of halogens is 4. The van der Waals surface area contributed by atoms with E-state index < -0.39 is 11.9 Å². The molecule has 2 heterocycles. The lowest BCUT2D eigenvalue weighted by atomic mass is 10.4. The number of rotatable bonds is 2. The van der Waals surface area contributed by atoms with E-state index in [4.69, 9.17) is 11.6 Å². The van der Waals surface area contributed by atoms with Crippen molar-refractivity contribution in [2.24, 2.45) is 0 Å². The van der Waals surface area contributed by atoms with Gasteiger partial charge >= 0.3 is 6.18 Å². The average Bonchev–Trinajstić information content (AvgIpc) is 2.76. The molecule has 3 nitrogen and oxygen atoms in total. The molecule has 0 spiro atoms. The lowest BCUT2D eigenvalue weighted by molar-refractivity contribution is -0.141. The second kappa shape index (κ2) is 4.21. The van der Waals surface area contributed by atoms with Crippen molar-refractivity contribution in [2.75, 3.05) is 5.88 Å². The molecule has 1 aromatic rings. The van der Waals surface area contributed by atoms with Crippen LogP contribution < -0.4 is 0 Å². The largest absolute Gasteiger partial charge is 0.435 e. The van der Waals surface area contributed by atoms with Gasteiger partial charge in [0.2, 0.25) is 0 Å². The van der Waals surface area contributed by atoms with Gasteiger partial charge in [-0.1, -0.05) is 11.6 Å². The third-order valence-electron chi connectivity index (χ3n) is 1.95. The first-order valence-electron chi connectivity index (χ1n) is 4.30. The van der Waals surface area contributed by atoms with Gasteiger partial charge in [-0.3, -0.25) is 0 Å². The van der Waals surface area contributed by atoms with Crippen LogP contribution in [0.4, 0.5) is 13.2 Å². The summed E-state index contributed by atoms with van der Waals surface area (Å²) in [6.07, 6.45) is -2.67. The predicted molar refractivity (Wildman–Crippen MR) is 55.7 cm³/mol. The zero-order valence-corrected chi connectivity index (χ0v) is 9.48. The van der Waals surface area contributed by atoms with Crippen LogP contribution in [0.25, 0.3) is 0 Å². The average molecular weight is 270 g/mol. The molecule has 0 unspecified atom stereocenters. The third kappa shape index (κ3) is 2.46. The molecule has 8 heteroatoms. The molecular weight excluding hydrogens is 263 g/mol. The summed E-state index contributed by atoms with van der Waals surface area (Å²) in [4.78, 5) is 1.81. The minimum absolute atomic E-state index is 0.0161. The summed E-state index contributed by atoms with van der Waals surface area (Å²) >= 11 is 7.23. The Morgan fingerprint density at radius 2 is 2.25 bits per heavy atom. The van der Waals surface area contributed by atoms with Gasteiger partial charge in [0, 0.05) is 12.3 Å². The topological polar surface area (TPSA) is 21.1 Å². The first-order valence-corrected chi connectivity index (χ1v) is 5.72. The van der Waals surface area contributed by atoms with Crippen LogP contribution in [-0.2, 0) is 12.8 Å². The fourth-order valence-corrected chi connectivity index (χ4v) is 2.10. The Hall–Kier alpha value is -0.820. The van der Waals surface area contributed by atoms with Crippen LogP contribution in [0.3, 0.4) is 0 Å². The van der Waals surface area contributed by atoms with Crippen LogP contribution in [-0.4, -0.2) is 20.6 Å². The molecule has 0 bridgehead atoms. The molecule has 0 aromatic carbocycles. The molecule has 0 saturated heterocycles. The van der Waals surface area contributed by atoms with Gasteiger partial charge in [-0.2, -0.15) is 18.3 Å². The molecule has 88 valence electrons. The summed E-state index contributed by atoms with van der Waals surface area (Å²) < 4.78 is 38.1. The molecule has 0 fully saturated rings. The highest BCUT2D eigenvalue weighted by molar-refractivity contribution is 8.02. The molecule has 0 atom stereocenters. The maximum absolute atomic E-state index is 12.3. The van der Waals surface area contributed by atoms with E-state index in [1.165, 1.54) is 0 Å². The molecule has 2 rings (SSSR count). The Kier molecular flexibility index (Phi) is 3.07. The lowest BCUT2D eigenvalue weighted by Gasteiger charge is -2.14. The highest BCUT2D eigenvalue weighted by Crippen LogP contribution is 2.30. The van der Waals surface area contributed by atoms with E-state index in [9.17, 15) is 13.2 Å². The number of alkyl halides is 3. The first-order chi connectivity index (χ1) is 7.47. The molecule has 0 N–H and O–H groups in total. The number of hydrogen-bond donors (Lipinski definition) is 0. The maximum Gasteiger partial charge on any atom is 0.435 e. The fourth-order valence-electron chi connectivity index (χ4n) is 1.20. The Bertz CT molecular complexity index is 415. The van der Waals surface area contributed by atoms with Gasteiger partial charge in [-0.25, -0.2) is 4.68 Å². The monoisotopic (exact) mass is 269 g/mol. The summed E-state index contributed by atoms with van der Waals surface area (Å²) in [6.45, 7) is 0.221. The molecule has 0 saturated carbocycles. The minimum atomic E-state index is -4.45. The van der Waals surface area contributed by atoms with Crippen LogP contribution in [0, 0.1) is 0 Å². The van der Waals surface area contributed by atoms with Gasteiger partial charge in [0.25, 0.3) is 0 Å². The number of thioether (sulfide) groups is 1. The van der Waals surface area contributed by atoms with Crippen LogP contribution in [0.15, 0.2) is 17.7 Å². The SMILES string of the molecule is FC(F)(F)c1cc(Cl)n(CN2C=CSC2)n1. The van der Waals surface area contributed by atoms with Crippen molar-refractivity contribution >= 4 is 23.4 Å². The molecule has 0 radical (unpaired) electrons. The molecule has 1 aliphatic rings. The summed E-state index contributed by atoms with van der Waals surface area (Å²) in [5, 5.41) is 5.27. The Morgan fingerprint density at radius 3 is 2.75 bits per heavy atom. The molecule has 0 aliphatic carbocycles. The molecule has 16 heavy (non-hydrogen) atoms. The van der Waals surface area contributed by atoms with Gasteiger partial charge in [0.1, 0.15) is 11.8 Å². The Labute approximate surface area is 98.9 Å². The van der Waals surface area contributed by atoms with Gasteiger partial charge in [-0.05, 0) is 5.41 Å². The minimum Gasteiger partial charge on any atom is -0.348 e. The van der Waals surface area contributed by atoms with Crippen molar-refractivity contribution in [2.45, 2.75) is 12.8 Å². The van der Waals surface area contributed by atoms with Crippen LogP contribution in [0.5, 0.6) is 0 Å². The van der Waals surface area contributed by atoms with Crippen molar-refractivity contribution in [3.05, 3.63) is 28.5 Å². The smallest absolute Gasteiger partial charge is 0.348 e. The van der Waals surface area contributed by atoms with Gasteiger partial charge in [0.15, 0.2) is 5.69 Å². The number of hydrogen-bond acceptors (Lipinski definition) is 3. The normalized spacial score (nSPS) is 16.1. The van der Waals surface area contributed by atoms with Crippen LogP contribution >= 0.6 is 23.4 Å². The Morgan fingerprint density at radius 1 is 1.50 bits per heavy atom. The van der Waals surface area contributed by atoms with Crippen molar-refractivity contribution < 1.29 is 13.2 Å². The van der Waals surface area contributed by atoms with Gasteiger partial charge in [0.05, 0.1) is 5.88 Å². The van der Waals surface area contributed by atoms with Crippen molar-refractivity contribution in [3.8, 4) is 0 Å². The van der Waals surface area contributed by atoms with E-state index >= 15 is 0 Å². The Balaban J connectivity index is 2.15. The van der Waals surface area contributed by atoms with Crippen molar-refractivity contribution in [1.29, 1.82) is 0 Å². The van der Waals surface area contributed by atoms with E-state index in [0.717, 1.165) is 10.7 Å². The van der Waals surface area contributed by atoms with E-state index in [1.807, 2.05) is 10.3 Å². The summed E-state index contributed by atoms with van der Waals surface area (Å²) in [5.41, 5.74) is -0.965. The predicted octanol–water partition coefficient (Wildman–Crippen LogP) is 2.99. The van der Waals surface area contributed by atoms with Gasteiger partial charge in [-0.15, -0.1) is 11.8 Å². The number of nitrogens with zero attached hydrogens (tertiary/aromatic N) is 3. The zero-order chi connectivity index (χ0) is 11.8. The van der Waals surface area contributed by atoms with Crippen LogP contribution in [0.2, 0.25) is 5.15 Å². The molecular formula is C8H7ClF3N3S. The standard InChI is InChI=1S/C8H7ClF3N3S/c9-7-3-6(8(10,11)12)13-15(7)4-14-1-2-16-5-14/h1-3H,4-5H2. The maximum atomic E-state index is 12.3. The van der Waals surface area contributed by atoms with Crippen LogP contribution in [0.1, 0.15) is 5.69 Å². The second-order valence-electron chi connectivity index (χ2n) is 3.16. The van der Waals surface area contributed by atoms with E-state index in [1.54, 1.807) is 18.0 Å². The van der Waals surface area contributed by atoms with Gasteiger partial charge < -0.3 is 4.90 Å². The highest BCUT2D eigenvalue weighted by Gasteiger charge is 2.34. The zero-order valence-electron chi connectivity index (χ0n) is 7.91. The molecule has 1 aromatic heterocycles. The fraction of sp³-hybridized carbons (Fsp3) is 0.375. The summed E-state index contributed by atoms with van der Waals surface area (Å²) in [6, 6.07) is 0.828. The molecule has 0 amide bonds. The first kappa shape index (κ1) is 11.7. The second-order valence-corrected chi connectivity index (χ2v) is 4.41. The lowest BCUT2D eigenvalue weighted by Crippen LogP contribution is -2.19. The van der Waals surface area contributed by atoms with E-state index in [0.29, 0.717) is 5.88 Å². The number of aromatic nitrogens is 2. The highest BCUT2D eigenvalue weighted by atomic mass is 35.5. The van der Waals surface area contributed by atoms with Crippen molar-refractivity contribution in [3.63, 3.8) is 0 Å². The summed E-state index contributed by atoms with van der Waals surface area (Å²) in [7, 11) is 0. The molecule has 1 aliphatic heterocycles.